The first kappa shape index (κ1) is 15.3. The minimum absolute atomic E-state index is 0.0602. The molecule has 0 bridgehead atoms. The smallest absolute Gasteiger partial charge is 0.257 e. The van der Waals surface area contributed by atoms with Crippen molar-refractivity contribution in [3.05, 3.63) is 53.2 Å². The molecule has 0 aliphatic rings. The highest BCUT2D eigenvalue weighted by Crippen LogP contribution is 2.18. The van der Waals surface area contributed by atoms with Crippen LogP contribution in [0.2, 0.25) is 5.02 Å². The number of nitrogens with zero attached hydrogens (tertiary/aromatic N) is 1. The maximum atomic E-state index is 12.1. The molecular weight excluding hydrogens is 286 g/mol. The maximum absolute atomic E-state index is 12.1. The summed E-state index contributed by atoms with van der Waals surface area (Å²) in [7, 11) is 0. The summed E-state index contributed by atoms with van der Waals surface area (Å²) in [6, 6.07) is 10.6. The Labute approximate surface area is 129 Å². The molecule has 1 aromatic carbocycles. The number of nitrogens with one attached hydrogen (secondary N) is 2. The van der Waals surface area contributed by atoms with Crippen molar-refractivity contribution in [3.8, 4) is 0 Å². The summed E-state index contributed by atoms with van der Waals surface area (Å²) >= 11 is 6.00. The van der Waals surface area contributed by atoms with E-state index in [1.165, 1.54) is 0 Å². The predicted octanol–water partition coefficient (Wildman–Crippen LogP) is 4.20. The Kier molecular flexibility index (Phi) is 4.48. The van der Waals surface area contributed by atoms with Crippen molar-refractivity contribution in [1.82, 2.24) is 4.98 Å². The zero-order valence-electron chi connectivity index (χ0n) is 12.3. The average molecular weight is 304 g/mol. The van der Waals surface area contributed by atoms with Crippen molar-refractivity contribution in [2.45, 2.75) is 26.3 Å². The first-order valence-corrected chi connectivity index (χ1v) is 7.03. The van der Waals surface area contributed by atoms with Gasteiger partial charge in [0.05, 0.1) is 22.5 Å². The van der Waals surface area contributed by atoms with E-state index in [0.717, 1.165) is 5.82 Å². The monoisotopic (exact) mass is 303 g/mol. The topological polar surface area (TPSA) is 54.0 Å². The SMILES string of the molecule is CC(C)(C)Nc1ccc(NC(=O)c2ccccc2Cl)cn1. The normalized spacial score (nSPS) is 11.0. The average Bonchev–Trinajstić information content (AvgIpc) is 2.40. The van der Waals surface area contributed by atoms with Crippen LogP contribution < -0.4 is 10.6 Å². The van der Waals surface area contributed by atoms with Gasteiger partial charge in [-0.25, -0.2) is 4.98 Å². The van der Waals surface area contributed by atoms with Crippen molar-refractivity contribution in [3.63, 3.8) is 0 Å². The summed E-state index contributed by atoms with van der Waals surface area (Å²) < 4.78 is 0. The number of hydrogen-bond donors (Lipinski definition) is 2. The number of amides is 1. The third-order valence-electron chi connectivity index (χ3n) is 2.64. The molecule has 0 spiro atoms. The molecule has 0 aliphatic heterocycles. The molecule has 21 heavy (non-hydrogen) atoms. The van der Waals surface area contributed by atoms with E-state index in [1.807, 2.05) is 6.07 Å². The fourth-order valence-electron chi connectivity index (χ4n) is 1.77. The van der Waals surface area contributed by atoms with Crippen LogP contribution in [0, 0.1) is 0 Å². The van der Waals surface area contributed by atoms with Crippen LogP contribution in [0.4, 0.5) is 11.5 Å². The molecule has 4 nitrogen and oxygen atoms in total. The molecule has 5 heteroatoms. The van der Waals surface area contributed by atoms with Gasteiger partial charge in [-0.05, 0) is 45.0 Å². The molecule has 1 amide bonds. The summed E-state index contributed by atoms with van der Waals surface area (Å²) in [6.07, 6.45) is 1.61. The molecule has 2 aromatic rings. The van der Waals surface area contributed by atoms with E-state index in [1.54, 1.807) is 36.5 Å². The molecule has 0 aliphatic carbocycles. The van der Waals surface area contributed by atoms with Gasteiger partial charge >= 0.3 is 0 Å². The lowest BCUT2D eigenvalue weighted by molar-refractivity contribution is 0.102. The van der Waals surface area contributed by atoms with E-state index in [0.29, 0.717) is 16.3 Å². The molecule has 0 unspecified atom stereocenters. The largest absolute Gasteiger partial charge is 0.365 e. The second-order valence-corrected chi connectivity index (χ2v) is 6.15. The highest BCUT2D eigenvalue weighted by Gasteiger charge is 2.12. The van der Waals surface area contributed by atoms with Gasteiger partial charge in [0.25, 0.3) is 5.91 Å². The summed E-state index contributed by atoms with van der Waals surface area (Å²) in [4.78, 5) is 16.4. The molecule has 0 saturated carbocycles. The van der Waals surface area contributed by atoms with Crippen LogP contribution in [0.25, 0.3) is 0 Å². The molecular formula is C16H18ClN3O. The summed E-state index contributed by atoms with van der Waals surface area (Å²) in [5, 5.41) is 6.46. The van der Waals surface area contributed by atoms with Crippen LogP contribution in [-0.4, -0.2) is 16.4 Å². The van der Waals surface area contributed by atoms with E-state index in [2.05, 4.69) is 36.4 Å². The van der Waals surface area contributed by atoms with Crippen LogP contribution in [0.1, 0.15) is 31.1 Å². The second-order valence-electron chi connectivity index (χ2n) is 5.74. The molecule has 2 rings (SSSR count). The second kappa shape index (κ2) is 6.14. The van der Waals surface area contributed by atoms with Crippen molar-refractivity contribution in [2.24, 2.45) is 0 Å². The first-order valence-electron chi connectivity index (χ1n) is 6.65. The number of hydrogen-bond acceptors (Lipinski definition) is 3. The quantitative estimate of drug-likeness (QED) is 0.893. The Hall–Kier alpha value is -2.07. The van der Waals surface area contributed by atoms with Gasteiger partial charge < -0.3 is 10.6 Å². The molecule has 0 radical (unpaired) electrons. The van der Waals surface area contributed by atoms with E-state index < -0.39 is 0 Å². The number of carbonyl (C=O) groups is 1. The van der Waals surface area contributed by atoms with Crippen LogP contribution in [-0.2, 0) is 0 Å². The molecule has 1 heterocycles. The van der Waals surface area contributed by atoms with Gasteiger partial charge in [0.1, 0.15) is 5.82 Å². The standard InChI is InChI=1S/C16H18ClN3O/c1-16(2,3)20-14-9-8-11(10-18-14)19-15(21)12-6-4-5-7-13(12)17/h4-10H,1-3H3,(H,18,20)(H,19,21). The fraction of sp³-hybridized carbons (Fsp3) is 0.250. The Bertz CT molecular complexity index is 633. The molecule has 0 fully saturated rings. The van der Waals surface area contributed by atoms with Crippen molar-refractivity contribution in [2.75, 3.05) is 10.6 Å². The summed E-state index contributed by atoms with van der Waals surface area (Å²) in [5.74, 6) is 0.511. The van der Waals surface area contributed by atoms with Gasteiger partial charge in [0, 0.05) is 5.54 Å². The molecule has 0 atom stereocenters. The lowest BCUT2D eigenvalue weighted by Gasteiger charge is -2.21. The number of aromatic nitrogens is 1. The Morgan fingerprint density at radius 3 is 2.43 bits per heavy atom. The minimum Gasteiger partial charge on any atom is -0.365 e. The summed E-state index contributed by atoms with van der Waals surface area (Å²) in [5.41, 5.74) is 1.01. The third-order valence-corrected chi connectivity index (χ3v) is 2.97. The highest BCUT2D eigenvalue weighted by atomic mass is 35.5. The predicted molar refractivity (Wildman–Crippen MR) is 87.0 cm³/mol. The minimum atomic E-state index is -0.251. The zero-order chi connectivity index (χ0) is 15.5. The van der Waals surface area contributed by atoms with Crippen molar-refractivity contribution in [1.29, 1.82) is 0 Å². The van der Waals surface area contributed by atoms with Crippen molar-refractivity contribution < 1.29 is 4.79 Å². The number of halogens is 1. The Morgan fingerprint density at radius 2 is 1.86 bits per heavy atom. The number of rotatable bonds is 3. The maximum Gasteiger partial charge on any atom is 0.257 e. The number of anilines is 2. The fourth-order valence-corrected chi connectivity index (χ4v) is 1.99. The molecule has 0 saturated heterocycles. The molecule has 2 N–H and O–H groups in total. The zero-order valence-corrected chi connectivity index (χ0v) is 13.0. The van der Waals surface area contributed by atoms with E-state index in [9.17, 15) is 4.79 Å². The van der Waals surface area contributed by atoms with Crippen LogP contribution >= 0.6 is 11.6 Å². The number of carbonyl (C=O) groups excluding carboxylic acids is 1. The molecule has 110 valence electrons. The number of benzene rings is 1. The lowest BCUT2D eigenvalue weighted by atomic mass is 10.1. The van der Waals surface area contributed by atoms with Gasteiger partial charge in [-0.3, -0.25) is 4.79 Å². The Balaban J connectivity index is 2.07. The third kappa shape index (κ3) is 4.46. The van der Waals surface area contributed by atoms with Gasteiger partial charge in [-0.1, -0.05) is 23.7 Å². The van der Waals surface area contributed by atoms with Gasteiger partial charge in [0.2, 0.25) is 0 Å². The van der Waals surface area contributed by atoms with Crippen LogP contribution in [0.3, 0.4) is 0 Å². The van der Waals surface area contributed by atoms with E-state index in [-0.39, 0.29) is 11.4 Å². The van der Waals surface area contributed by atoms with Gasteiger partial charge in [-0.15, -0.1) is 0 Å². The molecule has 1 aromatic heterocycles. The number of pyridine rings is 1. The van der Waals surface area contributed by atoms with E-state index >= 15 is 0 Å². The van der Waals surface area contributed by atoms with Gasteiger partial charge in [-0.2, -0.15) is 0 Å². The van der Waals surface area contributed by atoms with Crippen LogP contribution in [0.15, 0.2) is 42.6 Å². The first-order chi connectivity index (χ1) is 9.85. The Morgan fingerprint density at radius 1 is 1.14 bits per heavy atom. The van der Waals surface area contributed by atoms with E-state index in [4.69, 9.17) is 11.6 Å². The van der Waals surface area contributed by atoms with Gasteiger partial charge in [0.15, 0.2) is 0 Å². The van der Waals surface area contributed by atoms with Crippen LogP contribution in [0.5, 0.6) is 0 Å². The summed E-state index contributed by atoms with van der Waals surface area (Å²) in [6.45, 7) is 6.17. The van der Waals surface area contributed by atoms with Crippen molar-refractivity contribution >= 4 is 29.0 Å². The lowest BCUT2D eigenvalue weighted by Crippen LogP contribution is -2.26. The highest BCUT2D eigenvalue weighted by molar-refractivity contribution is 6.34.